The minimum absolute atomic E-state index is 0.603. The first-order valence-corrected chi connectivity index (χ1v) is 23.4. The molecule has 0 N–H and O–H groups in total. The van der Waals surface area contributed by atoms with Crippen LogP contribution in [0.25, 0.3) is 123 Å². The largest absolute Gasteiger partial charge is 0.456 e. The fourth-order valence-electron chi connectivity index (χ4n) is 11.6. The number of nitrogens with zero attached hydrogens (tertiary/aromatic N) is 3. The number of para-hydroxylation sites is 1. The molecule has 0 saturated heterocycles. The monoisotopic (exact) mass is 879 g/mol. The molecule has 0 radical (unpaired) electrons. The Hall–Kier alpha value is -9.19. The van der Waals surface area contributed by atoms with Gasteiger partial charge in [-0.2, -0.15) is 0 Å². The zero-order valence-corrected chi connectivity index (χ0v) is 37.0. The zero-order chi connectivity index (χ0) is 45.2. The second-order valence-electron chi connectivity index (χ2n) is 18.2. The van der Waals surface area contributed by atoms with Gasteiger partial charge in [0.1, 0.15) is 22.3 Å². The summed E-state index contributed by atoms with van der Waals surface area (Å²) in [5, 5.41) is 4.41. The highest BCUT2D eigenvalue weighted by molar-refractivity contribution is 6.16. The highest BCUT2D eigenvalue weighted by atomic mass is 16.3. The fraction of sp³-hybridized carbons (Fsp3) is 0.0156. The maximum atomic E-state index is 6.92. The average molecular weight is 880 g/mol. The molecule has 5 nitrogen and oxygen atoms in total. The Morgan fingerprint density at radius 3 is 1.48 bits per heavy atom. The van der Waals surface area contributed by atoms with Crippen LogP contribution in [0.15, 0.2) is 233 Å². The molecule has 0 fully saturated rings. The van der Waals surface area contributed by atoms with Crippen molar-refractivity contribution in [2.75, 3.05) is 0 Å². The van der Waals surface area contributed by atoms with Crippen LogP contribution in [0.3, 0.4) is 0 Å². The number of furan rings is 2. The Kier molecular flexibility index (Phi) is 7.93. The highest BCUT2D eigenvalue weighted by Crippen LogP contribution is 2.65. The second kappa shape index (κ2) is 14.4. The molecule has 0 amide bonds. The van der Waals surface area contributed by atoms with Gasteiger partial charge in [-0.05, 0) is 121 Å². The van der Waals surface area contributed by atoms with E-state index in [0.717, 1.165) is 82.8 Å². The van der Waals surface area contributed by atoms with Crippen molar-refractivity contribution in [2.45, 2.75) is 5.41 Å². The first kappa shape index (κ1) is 38.0. The van der Waals surface area contributed by atoms with Gasteiger partial charge < -0.3 is 8.83 Å². The minimum atomic E-state index is -0.636. The summed E-state index contributed by atoms with van der Waals surface area (Å²) in [6.45, 7) is 0. The quantitative estimate of drug-likeness (QED) is 0.172. The number of hydrogen-bond donors (Lipinski definition) is 0. The molecule has 0 saturated carbocycles. The van der Waals surface area contributed by atoms with Gasteiger partial charge in [0.15, 0.2) is 17.5 Å². The molecule has 69 heavy (non-hydrogen) atoms. The van der Waals surface area contributed by atoms with Crippen molar-refractivity contribution in [1.82, 2.24) is 15.0 Å². The summed E-state index contributed by atoms with van der Waals surface area (Å²) >= 11 is 0. The predicted molar refractivity (Wildman–Crippen MR) is 278 cm³/mol. The summed E-state index contributed by atoms with van der Waals surface area (Å²) in [7, 11) is 0. The molecule has 3 aromatic heterocycles. The molecule has 10 aromatic carbocycles. The molecule has 320 valence electrons. The third kappa shape index (κ3) is 5.50. The van der Waals surface area contributed by atoms with Crippen LogP contribution in [0.5, 0.6) is 0 Å². The number of benzene rings is 10. The molecule has 0 unspecified atom stereocenters. The van der Waals surface area contributed by atoms with E-state index in [-0.39, 0.29) is 0 Å². The molecular weight excluding hydrogens is 843 g/mol. The normalized spacial score (nSPS) is 13.0. The van der Waals surface area contributed by atoms with Crippen LogP contribution in [-0.4, -0.2) is 15.0 Å². The molecule has 0 atom stereocenters. The van der Waals surface area contributed by atoms with E-state index in [1.807, 2.05) is 66.7 Å². The topological polar surface area (TPSA) is 65.0 Å². The van der Waals surface area contributed by atoms with Crippen molar-refractivity contribution >= 4 is 43.9 Å². The molecule has 1 spiro atoms. The molecule has 15 rings (SSSR count). The van der Waals surface area contributed by atoms with Crippen molar-refractivity contribution in [3.63, 3.8) is 0 Å². The smallest absolute Gasteiger partial charge is 0.164 e. The highest BCUT2D eigenvalue weighted by Gasteiger charge is 2.53. The average Bonchev–Trinajstić information content (AvgIpc) is 4.15. The lowest BCUT2D eigenvalue weighted by Gasteiger charge is -2.31. The molecule has 0 bridgehead atoms. The molecule has 2 aliphatic rings. The lowest BCUT2D eigenvalue weighted by atomic mass is 9.69. The van der Waals surface area contributed by atoms with Crippen molar-refractivity contribution < 1.29 is 8.83 Å². The van der Waals surface area contributed by atoms with Gasteiger partial charge in [-0.3, -0.25) is 0 Å². The van der Waals surface area contributed by atoms with Gasteiger partial charge >= 0.3 is 0 Å². The van der Waals surface area contributed by atoms with Gasteiger partial charge in [0.05, 0.1) is 5.41 Å². The van der Waals surface area contributed by atoms with Crippen LogP contribution in [0.1, 0.15) is 22.3 Å². The Morgan fingerprint density at radius 2 is 0.797 bits per heavy atom. The van der Waals surface area contributed by atoms with Gasteiger partial charge in [-0.25, -0.2) is 15.0 Å². The molecule has 3 heterocycles. The fourth-order valence-corrected chi connectivity index (χ4v) is 11.6. The van der Waals surface area contributed by atoms with Crippen LogP contribution in [0, 0.1) is 0 Å². The minimum Gasteiger partial charge on any atom is -0.456 e. The maximum absolute atomic E-state index is 6.92. The molecule has 0 aliphatic heterocycles. The van der Waals surface area contributed by atoms with Crippen LogP contribution < -0.4 is 0 Å². The van der Waals surface area contributed by atoms with Crippen molar-refractivity contribution in [2.24, 2.45) is 0 Å². The standard InChI is InChI=1S/C64H37N3O2/c1-4-16-38(17-5-1)42-32-43(34-44(33-42)63-66-61(39-18-6-2-7-19-39)65-62(67-63)40-20-8-3-9-21-40)41-28-30-56-51(35-41)59-57(68-56)31-29-48-49-36-50-47-24-12-15-27-55(47)69-58(50)37-54(49)64(60(48)59)52-25-13-10-22-45(52)46-23-11-14-26-53(46)64/h1-37H. The number of hydrogen-bond acceptors (Lipinski definition) is 5. The molecule has 2 aliphatic carbocycles. The van der Waals surface area contributed by atoms with E-state index >= 15 is 0 Å². The lowest BCUT2D eigenvalue weighted by Crippen LogP contribution is -2.26. The predicted octanol–water partition coefficient (Wildman–Crippen LogP) is 16.3. The van der Waals surface area contributed by atoms with Gasteiger partial charge in [0, 0.05) is 38.2 Å². The van der Waals surface area contributed by atoms with Gasteiger partial charge in [-0.15, -0.1) is 0 Å². The van der Waals surface area contributed by atoms with Crippen molar-refractivity contribution in [3.8, 4) is 78.7 Å². The first-order chi connectivity index (χ1) is 34.2. The van der Waals surface area contributed by atoms with Crippen LogP contribution in [0.2, 0.25) is 0 Å². The Bertz CT molecular complexity index is 4140. The van der Waals surface area contributed by atoms with Crippen LogP contribution >= 0.6 is 0 Å². The van der Waals surface area contributed by atoms with E-state index in [0.29, 0.717) is 17.5 Å². The number of rotatable bonds is 5. The summed E-state index contributed by atoms with van der Waals surface area (Å²) in [6, 6.07) is 79.6. The van der Waals surface area contributed by atoms with Crippen molar-refractivity contribution in [1.29, 1.82) is 0 Å². The molecule has 13 aromatic rings. The van der Waals surface area contributed by atoms with E-state index < -0.39 is 5.41 Å². The Labute approximate surface area is 396 Å². The third-order valence-electron chi connectivity index (χ3n) is 14.5. The van der Waals surface area contributed by atoms with E-state index in [2.05, 4.69) is 158 Å². The van der Waals surface area contributed by atoms with Gasteiger partial charge in [0.25, 0.3) is 0 Å². The molecule has 5 heteroatoms. The van der Waals surface area contributed by atoms with Gasteiger partial charge in [-0.1, -0.05) is 170 Å². The number of fused-ring (bicyclic) bond motifs is 17. The number of aromatic nitrogens is 3. The summed E-state index contributed by atoms with van der Waals surface area (Å²) in [5.74, 6) is 1.85. The summed E-state index contributed by atoms with van der Waals surface area (Å²) < 4.78 is 13.6. The maximum Gasteiger partial charge on any atom is 0.164 e. The SMILES string of the molecule is c1ccc(-c2cc(-c3ccc4oc5ccc6c(c5c4c3)C3(c4ccccc4-c4ccccc43)c3cc4oc5ccccc5c4cc3-6)cc(-c3nc(-c4ccccc4)nc(-c4ccccc4)n3)c2)cc1. The lowest BCUT2D eigenvalue weighted by molar-refractivity contribution is 0.666. The summed E-state index contributed by atoms with van der Waals surface area (Å²) in [4.78, 5) is 15.4. The first-order valence-electron chi connectivity index (χ1n) is 23.4. The van der Waals surface area contributed by atoms with Crippen molar-refractivity contribution in [3.05, 3.63) is 247 Å². The van der Waals surface area contributed by atoms with E-state index in [1.54, 1.807) is 0 Å². The van der Waals surface area contributed by atoms with Gasteiger partial charge in [0.2, 0.25) is 0 Å². The molecular formula is C64H37N3O2. The second-order valence-corrected chi connectivity index (χ2v) is 18.2. The third-order valence-corrected chi connectivity index (χ3v) is 14.5. The summed E-state index contributed by atoms with van der Waals surface area (Å²) in [5.41, 5.74) is 19.8. The van der Waals surface area contributed by atoms with E-state index in [4.69, 9.17) is 23.8 Å². The Balaban J connectivity index is 0.994. The van der Waals surface area contributed by atoms with E-state index in [1.165, 1.54) is 44.5 Å². The zero-order valence-electron chi connectivity index (χ0n) is 37.0. The van der Waals surface area contributed by atoms with E-state index in [9.17, 15) is 0 Å². The van der Waals surface area contributed by atoms with Crippen LogP contribution in [-0.2, 0) is 5.41 Å². The summed E-state index contributed by atoms with van der Waals surface area (Å²) in [6.07, 6.45) is 0. The van der Waals surface area contributed by atoms with Crippen LogP contribution in [0.4, 0.5) is 0 Å². The Morgan fingerprint density at radius 1 is 0.275 bits per heavy atom.